The van der Waals surface area contributed by atoms with E-state index in [2.05, 4.69) is 5.32 Å². The van der Waals surface area contributed by atoms with Crippen molar-refractivity contribution in [1.82, 2.24) is 10.2 Å². The standard InChI is InChI=1S/C30H37N3O5S/c1-5-19-31-30(35)28(6-2)32(21-24-12-10-11-23(3)20-24)29(34)22-33(25-13-8-7-9-14-25)39(36,37)27-17-15-26(38-4)16-18-27/h7-18,20,28H,5-6,19,21-22H2,1-4H3,(H,31,35)/t28-/m0/s1. The van der Waals surface area contributed by atoms with Crippen molar-refractivity contribution in [2.24, 2.45) is 0 Å². The second-order valence-electron chi connectivity index (χ2n) is 9.25. The van der Waals surface area contributed by atoms with Gasteiger partial charge < -0.3 is 15.0 Å². The predicted molar refractivity (Wildman–Crippen MR) is 153 cm³/mol. The molecule has 9 heteroatoms. The molecule has 3 aromatic rings. The summed E-state index contributed by atoms with van der Waals surface area (Å²) in [6.45, 7) is 5.95. The quantitative estimate of drug-likeness (QED) is 0.337. The van der Waals surface area contributed by atoms with E-state index in [1.54, 1.807) is 42.5 Å². The molecular formula is C30H37N3O5S. The van der Waals surface area contributed by atoms with Crippen molar-refractivity contribution in [3.05, 3.63) is 90.0 Å². The normalized spacial score (nSPS) is 11.9. The van der Waals surface area contributed by atoms with Gasteiger partial charge in [-0.3, -0.25) is 13.9 Å². The van der Waals surface area contributed by atoms with Gasteiger partial charge in [0.15, 0.2) is 0 Å². The average molecular weight is 552 g/mol. The van der Waals surface area contributed by atoms with Gasteiger partial charge in [0.2, 0.25) is 11.8 Å². The zero-order chi connectivity index (χ0) is 28.4. The van der Waals surface area contributed by atoms with Gasteiger partial charge in [-0.2, -0.15) is 0 Å². The van der Waals surface area contributed by atoms with Crippen LogP contribution >= 0.6 is 0 Å². The van der Waals surface area contributed by atoms with Crippen molar-refractivity contribution in [3.8, 4) is 5.75 Å². The van der Waals surface area contributed by atoms with E-state index in [0.717, 1.165) is 21.9 Å². The van der Waals surface area contributed by atoms with E-state index in [9.17, 15) is 18.0 Å². The summed E-state index contributed by atoms with van der Waals surface area (Å²) in [5, 5.41) is 2.89. The molecule has 0 saturated heterocycles. The number of sulfonamides is 1. The number of carbonyl (C=O) groups excluding carboxylic acids is 2. The molecule has 39 heavy (non-hydrogen) atoms. The summed E-state index contributed by atoms with van der Waals surface area (Å²) in [7, 11) is -2.62. The Balaban J connectivity index is 2.02. The van der Waals surface area contributed by atoms with Gasteiger partial charge in [0.1, 0.15) is 18.3 Å². The Kier molecular flexibility index (Phi) is 10.5. The number of para-hydroxylation sites is 1. The average Bonchev–Trinajstić information content (AvgIpc) is 2.95. The van der Waals surface area contributed by atoms with Crippen LogP contribution in [0.2, 0.25) is 0 Å². The minimum Gasteiger partial charge on any atom is -0.497 e. The molecule has 0 aliphatic rings. The summed E-state index contributed by atoms with van der Waals surface area (Å²) >= 11 is 0. The third-order valence-corrected chi connectivity index (χ3v) is 8.13. The fraction of sp³-hybridized carbons (Fsp3) is 0.333. The molecule has 8 nitrogen and oxygen atoms in total. The highest BCUT2D eigenvalue weighted by Gasteiger charge is 2.33. The summed E-state index contributed by atoms with van der Waals surface area (Å²) in [6, 6.07) is 21.5. The smallest absolute Gasteiger partial charge is 0.264 e. The molecule has 0 aromatic heterocycles. The molecule has 3 rings (SSSR count). The number of amides is 2. The highest BCUT2D eigenvalue weighted by atomic mass is 32.2. The number of aryl methyl sites for hydroxylation is 1. The van der Waals surface area contributed by atoms with E-state index in [4.69, 9.17) is 4.74 Å². The lowest BCUT2D eigenvalue weighted by Crippen LogP contribution is -2.52. The van der Waals surface area contributed by atoms with Crippen LogP contribution in [0, 0.1) is 6.92 Å². The molecule has 0 aliphatic carbocycles. The number of nitrogens with zero attached hydrogens (tertiary/aromatic N) is 2. The molecule has 0 aliphatic heterocycles. The minimum absolute atomic E-state index is 0.0258. The molecule has 208 valence electrons. The van der Waals surface area contributed by atoms with E-state index in [0.29, 0.717) is 24.4 Å². The molecule has 0 fully saturated rings. The van der Waals surface area contributed by atoms with Crippen molar-refractivity contribution >= 4 is 27.5 Å². The highest BCUT2D eigenvalue weighted by molar-refractivity contribution is 7.92. The summed E-state index contributed by atoms with van der Waals surface area (Å²) in [6.07, 6.45) is 1.14. The largest absolute Gasteiger partial charge is 0.497 e. The number of rotatable bonds is 13. The third-order valence-electron chi connectivity index (χ3n) is 6.34. The fourth-order valence-corrected chi connectivity index (χ4v) is 5.70. The molecule has 0 bridgehead atoms. The van der Waals surface area contributed by atoms with Crippen molar-refractivity contribution in [1.29, 1.82) is 0 Å². The summed E-state index contributed by atoms with van der Waals surface area (Å²) < 4.78 is 34.0. The number of hydrogen-bond acceptors (Lipinski definition) is 5. The lowest BCUT2D eigenvalue weighted by molar-refractivity contribution is -0.140. The van der Waals surface area contributed by atoms with Crippen LogP contribution in [0.25, 0.3) is 0 Å². The van der Waals surface area contributed by atoms with E-state index < -0.39 is 28.5 Å². The van der Waals surface area contributed by atoms with Crippen LogP contribution in [0.5, 0.6) is 5.75 Å². The van der Waals surface area contributed by atoms with Crippen molar-refractivity contribution in [2.45, 2.75) is 51.1 Å². The highest BCUT2D eigenvalue weighted by Crippen LogP contribution is 2.26. The van der Waals surface area contributed by atoms with Gasteiger partial charge in [0.25, 0.3) is 10.0 Å². The lowest BCUT2D eigenvalue weighted by atomic mass is 10.1. The van der Waals surface area contributed by atoms with E-state index in [1.807, 2.05) is 45.0 Å². The first kappa shape index (κ1) is 29.7. The number of ether oxygens (including phenoxy) is 1. The molecule has 1 N–H and O–H groups in total. The Morgan fingerprint density at radius 1 is 0.949 bits per heavy atom. The lowest BCUT2D eigenvalue weighted by Gasteiger charge is -2.33. The number of nitrogens with one attached hydrogen (secondary N) is 1. The zero-order valence-corrected chi connectivity index (χ0v) is 23.8. The third kappa shape index (κ3) is 7.60. The summed E-state index contributed by atoms with van der Waals surface area (Å²) in [5.41, 5.74) is 2.23. The first-order valence-electron chi connectivity index (χ1n) is 13.1. The molecule has 3 aromatic carbocycles. The maximum atomic E-state index is 14.0. The number of benzene rings is 3. The second kappa shape index (κ2) is 13.8. The van der Waals surface area contributed by atoms with Crippen LogP contribution in [-0.4, -0.2) is 51.4 Å². The summed E-state index contributed by atoms with van der Waals surface area (Å²) in [4.78, 5) is 28.6. The number of carbonyl (C=O) groups is 2. The predicted octanol–water partition coefficient (Wildman–Crippen LogP) is 4.53. The van der Waals surface area contributed by atoms with Crippen molar-refractivity contribution in [2.75, 3.05) is 24.5 Å². The van der Waals surface area contributed by atoms with Crippen LogP contribution in [0.3, 0.4) is 0 Å². The molecule has 2 amide bonds. The van der Waals surface area contributed by atoms with Gasteiger partial charge in [-0.15, -0.1) is 0 Å². The van der Waals surface area contributed by atoms with Gasteiger partial charge in [0, 0.05) is 13.1 Å². The Bertz CT molecular complexity index is 1340. The topological polar surface area (TPSA) is 96.0 Å². The van der Waals surface area contributed by atoms with Crippen molar-refractivity contribution < 1.29 is 22.7 Å². The second-order valence-corrected chi connectivity index (χ2v) is 11.1. The maximum Gasteiger partial charge on any atom is 0.264 e. The Morgan fingerprint density at radius 3 is 2.23 bits per heavy atom. The van der Waals surface area contributed by atoms with Crippen molar-refractivity contribution in [3.63, 3.8) is 0 Å². The minimum atomic E-state index is -4.12. The number of methoxy groups -OCH3 is 1. The number of anilines is 1. The van der Waals surface area contributed by atoms with E-state index in [-0.39, 0.29) is 17.3 Å². The monoisotopic (exact) mass is 551 g/mol. The molecule has 1 atom stereocenters. The van der Waals surface area contributed by atoms with Crippen LogP contribution in [0.1, 0.15) is 37.8 Å². The Morgan fingerprint density at radius 2 is 1.64 bits per heavy atom. The van der Waals surface area contributed by atoms with Gasteiger partial charge in [-0.05, 0) is 61.7 Å². The Labute approximate surface area is 231 Å². The van der Waals surface area contributed by atoms with Gasteiger partial charge in [0.05, 0.1) is 17.7 Å². The molecule has 0 radical (unpaired) electrons. The number of hydrogen-bond donors (Lipinski definition) is 1. The first-order chi connectivity index (χ1) is 18.7. The maximum absolute atomic E-state index is 14.0. The SMILES string of the molecule is CCCNC(=O)[C@H](CC)N(Cc1cccc(C)c1)C(=O)CN(c1ccccc1)S(=O)(=O)c1ccc(OC)cc1. The first-order valence-corrected chi connectivity index (χ1v) is 14.5. The van der Waals surface area contributed by atoms with E-state index >= 15 is 0 Å². The zero-order valence-electron chi connectivity index (χ0n) is 23.0. The fourth-order valence-electron chi connectivity index (χ4n) is 4.29. The van der Waals surface area contributed by atoms with E-state index in [1.165, 1.54) is 24.1 Å². The molecule has 0 spiro atoms. The van der Waals surface area contributed by atoms with Gasteiger partial charge in [-0.25, -0.2) is 8.42 Å². The molecule has 0 saturated carbocycles. The summed E-state index contributed by atoms with van der Waals surface area (Å²) in [5.74, 6) is -0.218. The van der Waals surface area contributed by atoms with Crippen LogP contribution in [0.15, 0.2) is 83.8 Å². The van der Waals surface area contributed by atoms with Gasteiger partial charge >= 0.3 is 0 Å². The molecule has 0 unspecified atom stereocenters. The molecular weight excluding hydrogens is 514 g/mol. The van der Waals surface area contributed by atoms with Crippen LogP contribution in [-0.2, 0) is 26.2 Å². The molecule has 0 heterocycles. The Hall–Kier alpha value is -3.85. The van der Waals surface area contributed by atoms with Crippen LogP contribution < -0.4 is 14.4 Å². The van der Waals surface area contributed by atoms with Gasteiger partial charge in [-0.1, -0.05) is 61.9 Å². The van der Waals surface area contributed by atoms with Crippen LogP contribution in [0.4, 0.5) is 5.69 Å².